The summed E-state index contributed by atoms with van der Waals surface area (Å²) in [6, 6.07) is 11.5. The van der Waals surface area contributed by atoms with Gasteiger partial charge in [0, 0.05) is 18.7 Å². The fourth-order valence-electron chi connectivity index (χ4n) is 2.56. The van der Waals surface area contributed by atoms with Crippen LogP contribution in [0.3, 0.4) is 0 Å². The molecule has 0 aliphatic heterocycles. The SMILES string of the molecule is CCOc1ccc(C(=O)N(C)C(C)c2ccc(OC)cc2)cc1[N+](=O)[O-]. The zero-order chi connectivity index (χ0) is 19.3. The average molecular weight is 358 g/mol. The molecule has 0 N–H and O–H groups in total. The first-order chi connectivity index (χ1) is 12.4. The molecule has 2 aromatic carbocycles. The second-order valence-electron chi connectivity index (χ2n) is 5.74. The summed E-state index contributed by atoms with van der Waals surface area (Å²) in [5, 5.41) is 11.2. The van der Waals surface area contributed by atoms with E-state index in [0.717, 1.165) is 11.3 Å². The van der Waals surface area contributed by atoms with Crippen molar-refractivity contribution in [1.29, 1.82) is 0 Å². The minimum atomic E-state index is -0.547. The number of nitrogens with zero attached hydrogens (tertiary/aromatic N) is 2. The van der Waals surface area contributed by atoms with Crippen LogP contribution in [0.4, 0.5) is 5.69 Å². The van der Waals surface area contributed by atoms with Crippen molar-refractivity contribution in [2.75, 3.05) is 20.8 Å². The number of hydrogen-bond acceptors (Lipinski definition) is 5. The number of methoxy groups -OCH3 is 1. The molecule has 0 spiro atoms. The van der Waals surface area contributed by atoms with Gasteiger partial charge in [-0.3, -0.25) is 14.9 Å². The first-order valence-corrected chi connectivity index (χ1v) is 8.21. The van der Waals surface area contributed by atoms with Crippen molar-refractivity contribution in [3.63, 3.8) is 0 Å². The molecule has 2 aromatic rings. The first-order valence-electron chi connectivity index (χ1n) is 8.21. The number of amides is 1. The maximum absolute atomic E-state index is 12.8. The van der Waals surface area contributed by atoms with Crippen molar-refractivity contribution >= 4 is 11.6 Å². The van der Waals surface area contributed by atoms with Crippen LogP contribution in [0.5, 0.6) is 11.5 Å². The number of carbonyl (C=O) groups is 1. The molecule has 0 aliphatic rings. The van der Waals surface area contributed by atoms with Gasteiger partial charge in [0.2, 0.25) is 0 Å². The maximum Gasteiger partial charge on any atom is 0.311 e. The summed E-state index contributed by atoms with van der Waals surface area (Å²) in [6.45, 7) is 3.94. The van der Waals surface area contributed by atoms with Crippen LogP contribution in [0.2, 0.25) is 0 Å². The molecule has 0 saturated carbocycles. The Morgan fingerprint density at radius 1 is 1.23 bits per heavy atom. The second kappa shape index (κ2) is 8.33. The van der Waals surface area contributed by atoms with E-state index in [1.54, 1.807) is 26.0 Å². The number of benzene rings is 2. The van der Waals surface area contributed by atoms with E-state index >= 15 is 0 Å². The summed E-state index contributed by atoms with van der Waals surface area (Å²) in [5.41, 5.74) is 0.952. The summed E-state index contributed by atoms with van der Waals surface area (Å²) in [6.07, 6.45) is 0. The van der Waals surface area contributed by atoms with Crippen molar-refractivity contribution in [3.8, 4) is 11.5 Å². The number of rotatable bonds is 7. The highest BCUT2D eigenvalue weighted by atomic mass is 16.6. The molecule has 0 aromatic heterocycles. The normalized spacial score (nSPS) is 11.5. The molecule has 1 amide bonds. The molecular weight excluding hydrogens is 336 g/mol. The summed E-state index contributed by atoms with van der Waals surface area (Å²) >= 11 is 0. The van der Waals surface area contributed by atoms with Crippen LogP contribution in [-0.2, 0) is 0 Å². The second-order valence-corrected chi connectivity index (χ2v) is 5.74. The summed E-state index contributed by atoms with van der Waals surface area (Å²) in [4.78, 5) is 25.0. The van der Waals surface area contributed by atoms with Crippen LogP contribution < -0.4 is 9.47 Å². The van der Waals surface area contributed by atoms with Crippen LogP contribution in [0.1, 0.15) is 35.8 Å². The van der Waals surface area contributed by atoms with Crippen molar-refractivity contribution < 1.29 is 19.2 Å². The lowest BCUT2D eigenvalue weighted by molar-refractivity contribution is -0.385. The topological polar surface area (TPSA) is 81.9 Å². The molecule has 7 heteroatoms. The smallest absolute Gasteiger partial charge is 0.311 e. The largest absolute Gasteiger partial charge is 0.497 e. The molecule has 26 heavy (non-hydrogen) atoms. The van der Waals surface area contributed by atoms with Crippen LogP contribution in [-0.4, -0.2) is 36.5 Å². The van der Waals surface area contributed by atoms with Gasteiger partial charge in [-0.2, -0.15) is 0 Å². The lowest BCUT2D eigenvalue weighted by Gasteiger charge is -2.25. The predicted molar refractivity (Wildman–Crippen MR) is 97.8 cm³/mol. The van der Waals surface area contributed by atoms with Crippen LogP contribution >= 0.6 is 0 Å². The Hall–Kier alpha value is -3.09. The van der Waals surface area contributed by atoms with Gasteiger partial charge in [0.25, 0.3) is 5.91 Å². The fraction of sp³-hybridized carbons (Fsp3) is 0.316. The Morgan fingerprint density at radius 2 is 1.88 bits per heavy atom. The molecule has 0 aliphatic carbocycles. The Morgan fingerprint density at radius 3 is 2.42 bits per heavy atom. The Bertz CT molecular complexity index is 789. The number of hydrogen-bond donors (Lipinski definition) is 0. The summed E-state index contributed by atoms with van der Waals surface area (Å²) in [7, 11) is 3.26. The third kappa shape index (κ3) is 4.11. The third-order valence-corrected chi connectivity index (χ3v) is 4.20. The molecular formula is C19H22N2O5. The highest BCUT2D eigenvalue weighted by molar-refractivity contribution is 5.95. The van der Waals surface area contributed by atoms with Crippen molar-refractivity contribution in [2.45, 2.75) is 19.9 Å². The monoisotopic (exact) mass is 358 g/mol. The van der Waals surface area contributed by atoms with E-state index in [0.29, 0.717) is 6.61 Å². The number of ether oxygens (including phenoxy) is 2. The lowest BCUT2D eigenvalue weighted by Crippen LogP contribution is -2.29. The van der Waals surface area contributed by atoms with Crippen LogP contribution in [0.15, 0.2) is 42.5 Å². The van der Waals surface area contributed by atoms with Gasteiger partial charge in [-0.1, -0.05) is 12.1 Å². The molecule has 0 fully saturated rings. The maximum atomic E-state index is 12.8. The standard InChI is InChI=1S/C19H22N2O5/c1-5-26-18-11-8-15(12-17(18)21(23)24)19(22)20(3)13(2)14-6-9-16(25-4)10-7-14/h6-13H,5H2,1-4H3. The van der Waals surface area contributed by atoms with Gasteiger partial charge in [0.15, 0.2) is 5.75 Å². The van der Waals surface area contributed by atoms with Gasteiger partial charge in [-0.25, -0.2) is 0 Å². The minimum absolute atomic E-state index is 0.153. The van der Waals surface area contributed by atoms with E-state index in [1.807, 2.05) is 31.2 Å². The number of nitro benzene ring substituents is 1. The molecule has 2 rings (SSSR count). The zero-order valence-electron chi connectivity index (χ0n) is 15.3. The van der Waals surface area contributed by atoms with Gasteiger partial charge >= 0.3 is 5.69 Å². The van der Waals surface area contributed by atoms with E-state index in [4.69, 9.17) is 9.47 Å². The predicted octanol–water partition coefficient (Wildman–Crippen LogP) is 3.84. The van der Waals surface area contributed by atoms with E-state index in [1.165, 1.54) is 18.2 Å². The molecule has 138 valence electrons. The Kier molecular flexibility index (Phi) is 6.16. The number of carbonyl (C=O) groups excluding carboxylic acids is 1. The molecule has 0 heterocycles. The van der Waals surface area contributed by atoms with Gasteiger partial charge in [-0.15, -0.1) is 0 Å². The van der Waals surface area contributed by atoms with Crippen molar-refractivity contribution in [2.24, 2.45) is 0 Å². The fourth-order valence-corrected chi connectivity index (χ4v) is 2.56. The molecule has 1 unspecified atom stereocenters. The molecule has 1 atom stereocenters. The lowest BCUT2D eigenvalue weighted by atomic mass is 10.1. The van der Waals surface area contributed by atoms with Gasteiger partial charge in [0.05, 0.1) is 24.7 Å². The van der Waals surface area contributed by atoms with E-state index < -0.39 is 4.92 Å². The molecule has 0 saturated heterocycles. The first kappa shape index (κ1) is 19.2. The summed E-state index contributed by atoms with van der Waals surface area (Å²) < 4.78 is 10.4. The van der Waals surface area contributed by atoms with Crippen LogP contribution in [0, 0.1) is 10.1 Å². The molecule has 0 bridgehead atoms. The Balaban J connectivity index is 2.26. The van der Waals surface area contributed by atoms with Gasteiger partial charge in [-0.05, 0) is 43.7 Å². The highest BCUT2D eigenvalue weighted by Gasteiger charge is 2.23. The highest BCUT2D eigenvalue weighted by Crippen LogP contribution is 2.30. The van der Waals surface area contributed by atoms with Gasteiger partial charge in [0.1, 0.15) is 5.75 Å². The van der Waals surface area contributed by atoms with E-state index in [-0.39, 0.29) is 28.9 Å². The quantitative estimate of drug-likeness (QED) is 0.555. The van der Waals surface area contributed by atoms with Crippen molar-refractivity contribution in [1.82, 2.24) is 4.90 Å². The number of nitro groups is 1. The zero-order valence-corrected chi connectivity index (χ0v) is 15.3. The minimum Gasteiger partial charge on any atom is -0.497 e. The van der Waals surface area contributed by atoms with Gasteiger partial charge < -0.3 is 14.4 Å². The summed E-state index contributed by atoms with van der Waals surface area (Å²) in [5.74, 6) is 0.580. The Labute approximate surface area is 152 Å². The van der Waals surface area contributed by atoms with E-state index in [2.05, 4.69) is 0 Å². The molecule has 0 radical (unpaired) electrons. The van der Waals surface area contributed by atoms with Crippen molar-refractivity contribution in [3.05, 3.63) is 63.7 Å². The van der Waals surface area contributed by atoms with E-state index in [9.17, 15) is 14.9 Å². The third-order valence-electron chi connectivity index (χ3n) is 4.20. The molecule has 7 nitrogen and oxygen atoms in total. The average Bonchev–Trinajstić information content (AvgIpc) is 2.66. The van der Waals surface area contributed by atoms with Crippen LogP contribution in [0.25, 0.3) is 0 Å².